The molecule has 0 bridgehead atoms. The molecular formula is C11H13N5O2. The van der Waals surface area contributed by atoms with Gasteiger partial charge in [-0.15, -0.1) is 0 Å². The molecule has 2 rings (SSSR count). The molecule has 94 valence electrons. The Bertz CT molecular complexity index is 552. The Morgan fingerprint density at radius 3 is 3.00 bits per heavy atom. The maximum Gasteiger partial charge on any atom is 0.255 e. The van der Waals surface area contributed by atoms with Crippen molar-refractivity contribution < 1.29 is 9.32 Å². The highest BCUT2D eigenvalue weighted by Gasteiger charge is 2.11. The van der Waals surface area contributed by atoms with Crippen LogP contribution in [0, 0.1) is 6.92 Å². The van der Waals surface area contributed by atoms with Gasteiger partial charge in [0.2, 0.25) is 5.89 Å². The standard InChI is InChI=1S/C11H13N5O2/c1-7-15-10(18-16-7)6-14-11(17)8-5-13-4-3-9(8)12-2/h3-5H,6H2,1-2H3,(H,12,13)(H,14,17). The zero-order valence-electron chi connectivity index (χ0n) is 10.1. The Morgan fingerprint density at radius 1 is 1.50 bits per heavy atom. The number of rotatable bonds is 4. The molecule has 0 aliphatic rings. The van der Waals surface area contributed by atoms with Gasteiger partial charge in [0.15, 0.2) is 5.82 Å². The SMILES string of the molecule is CNc1ccncc1C(=O)NCc1nc(C)no1. The number of hydrogen-bond donors (Lipinski definition) is 2. The van der Waals surface area contributed by atoms with Gasteiger partial charge in [-0.05, 0) is 13.0 Å². The first-order valence-electron chi connectivity index (χ1n) is 5.40. The van der Waals surface area contributed by atoms with E-state index in [2.05, 4.69) is 25.8 Å². The summed E-state index contributed by atoms with van der Waals surface area (Å²) < 4.78 is 4.90. The number of hydrogen-bond acceptors (Lipinski definition) is 6. The van der Waals surface area contributed by atoms with Gasteiger partial charge in [-0.2, -0.15) is 4.98 Å². The Morgan fingerprint density at radius 2 is 2.33 bits per heavy atom. The number of pyridine rings is 1. The van der Waals surface area contributed by atoms with Gasteiger partial charge in [0.1, 0.15) is 0 Å². The highest BCUT2D eigenvalue weighted by Crippen LogP contribution is 2.12. The van der Waals surface area contributed by atoms with Crippen molar-refractivity contribution in [1.29, 1.82) is 0 Å². The Hall–Kier alpha value is -2.44. The van der Waals surface area contributed by atoms with E-state index in [1.165, 1.54) is 6.20 Å². The first-order chi connectivity index (χ1) is 8.70. The molecule has 18 heavy (non-hydrogen) atoms. The minimum atomic E-state index is -0.247. The number of aryl methyl sites for hydroxylation is 1. The summed E-state index contributed by atoms with van der Waals surface area (Å²) in [5.41, 5.74) is 1.18. The fourth-order valence-corrected chi connectivity index (χ4v) is 1.46. The smallest absolute Gasteiger partial charge is 0.255 e. The van der Waals surface area contributed by atoms with Gasteiger partial charge in [-0.1, -0.05) is 5.16 Å². The predicted molar refractivity (Wildman–Crippen MR) is 64.0 cm³/mol. The number of anilines is 1. The summed E-state index contributed by atoms with van der Waals surface area (Å²) in [7, 11) is 1.74. The third-order valence-electron chi connectivity index (χ3n) is 2.30. The fourth-order valence-electron chi connectivity index (χ4n) is 1.46. The van der Waals surface area contributed by atoms with Crippen LogP contribution in [0.5, 0.6) is 0 Å². The second kappa shape index (κ2) is 5.26. The molecule has 0 atom stereocenters. The van der Waals surface area contributed by atoms with Crippen LogP contribution in [0.3, 0.4) is 0 Å². The number of nitrogens with one attached hydrogen (secondary N) is 2. The van der Waals surface area contributed by atoms with Crippen molar-refractivity contribution in [2.45, 2.75) is 13.5 Å². The first-order valence-corrected chi connectivity index (χ1v) is 5.40. The van der Waals surface area contributed by atoms with Crippen molar-refractivity contribution in [3.05, 3.63) is 35.7 Å². The summed E-state index contributed by atoms with van der Waals surface area (Å²) in [6.45, 7) is 1.91. The van der Waals surface area contributed by atoms with Gasteiger partial charge >= 0.3 is 0 Å². The predicted octanol–water partition coefficient (Wildman–Crippen LogP) is 0.745. The Kier molecular flexibility index (Phi) is 3.52. The van der Waals surface area contributed by atoms with Crippen LogP contribution >= 0.6 is 0 Å². The zero-order chi connectivity index (χ0) is 13.0. The van der Waals surface area contributed by atoms with Crippen LogP contribution in [0.4, 0.5) is 5.69 Å². The number of nitrogens with zero attached hydrogens (tertiary/aromatic N) is 3. The van der Waals surface area contributed by atoms with Crippen molar-refractivity contribution in [2.75, 3.05) is 12.4 Å². The summed E-state index contributed by atoms with van der Waals surface area (Å²) >= 11 is 0. The zero-order valence-corrected chi connectivity index (χ0v) is 10.1. The topological polar surface area (TPSA) is 92.9 Å². The van der Waals surface area contributed by atoms with Gasteiger partial charge in [-0.25, -0.2) is 0 Å². The second-order valence-corrected chi connectivity index (χ2v) is 3.59. The Labute approximate surface area is 104 Å². The van der Waals surface area contributed by atoms with E-state index in [0.717, 1.165) is 0 Å². The average molecular weight is 247 g/mol. The van der Waals surface area contributed by atoms with Crippen LogP contribution < -0.4 is 10.6 Å². The lowest BCUT2D eigenvalue weighted by atomic mass is 10.2. The molecule has 0 saturated heterocycles. The van der Waals surface area contributed by atoms with Crippen molar-refractivity contribution in [1.82, 2.24) is 20.4 Å². The lowest BCUT2D eigenvalue weighted by Gasteiger charge is -2.07. The van der Waals surface area contributed by atoms with Crippen LogP contribution in [0.25, 0.3) is 0 Å². The molecule has 2 aromatic heterocycles. The van der Waals surface area contributed by atoms with E-state index in [9.17, 15) is 4.79 Å². The number of carbonyl (C=O) groups is 1. The van der Waals surface area contributed by atoms with Crippen molar-refractivity contribution >= 4 is 11.6 Å². The third kappa shape index (κ3) is 2.62. The third-order valence-corrected chi connectivity index (χ3v) is 2.30. The van der Waals surface area contributed by atoms with Gasteiger partial charge in [0.25, 0.3) is 5.91 Å². The minimum Gasteiger partial charge on any atom is -0.387 e. The molecule has 0 fully saturated rings. The van der Waals surface area contributed by atoms with Crippen molar-refractivity contribution in [3.8, 4) is 0 Å². The minimum absolute atomic E-state index is 0.192. The van der Waals surface area contributed by atoms with Crippen LogP contribution in [-0.2, 0) is 6.54 Å². The molecule has 1 amide bonds. The van der Waals surface area contributed by atoms with Gasteiger partial charge < -0.3 is 15.2 Å². The summed E-state index contributed by atoms with van der Waals surface area (Å²) in [5.74, 6) is 0.663. The normalized spacial score (nSPS) is 10.1. The number of amides is 1. The van der Waals surface area contributed by atoms with Gasteiger partial charge in [0, 0.05) is 25.1 Å². The van der Waals surface area contributed by atoms with Gasteiger partial charge in [-0.3, -0.25) is 9.78 Å². The van der Waals surface area contributed by atoms with E-state index >= 15 is 0 Å². The summed E-state index contributed by atoms with van der Waals surface area (Å²) in [4.78, 5) is 19.8. The molecule has 7 heteroatoms. The molecule has 2 N–H and O–H groups in total. The lowest BCUT2D eigenvalue weighted by Crippen LogP contribution is -2.24. The van der Waals surface area contributed by atoms with Crippen molar-refractivity contribution in [3.63, 3.8) is 0 Å². The molecule has 0 aromatic carbocycles. The van der Waals surface area contributed by atoms with E-state index in [4.69, 9.17) is 4.52 Å². The van der Waals surface area contributed by atoms with E-state index in [1.54, 1.807) is 26.2 Å². The van der Waals surface area contributed by atoms with Crippen LogP contribution in [-0.4, -0.2) is 28.1 Å². The van der Waals surface area contributed by atoms with Crippen LogP contribution in [0.1, 0.15) is 22.1 Å². The van der Waals surface area contributed by atoms with Crippen LogP contribution in [0.15, 0.2) is 23.0 Å². The number of aromatic nitrogens is 3. The highest BCUT2D eigenvalue weighted by molar-refractivity contribution is 5.99. The maximum absolute atomic E-state index is 11.9. The molecule has 7 nitrogen and oxygen atoms in total. The van der Waals surface area contributed by atoms with E-state index in [0.29, 0.717) is 23.0 Å². The molecular weight excluding hydrogens is 234 g/mol. The molecule has 2 aromatic rings. The van der Waals surface area contributed by atoms with E-state index in [-0.39, 0.29) is 12.5 Å². The largest absolute Gasteiger partial charge is 0.387 e. The quantitative estimate of drug-likeness (QED) is 0.828. The second-order valence-electron chi connectivity index (χ2n) is 3.59. The Balaban J connectivity index is 2.03. The summed E-state index contributed by atoms with van der Waals surface area (Å²) in [6.07, 6.45) is 3.12. The molecule has 2 heterocycles. The molecule has 0 saturated carbocycles. The van der Waals surface area contributed by atoms with Crippen molar-refractivity contribution in [2.24, 2.45) is 0 Å². The number of carbonyl (C=O) groups excluding carboxylic acids is 1. The van der Waals surface area contributed by atoms with Crippen LogP contribution in [0.2, 0.25) is 0 Å². The fraction of sp³-hybridized carbons (Fsp3) is 0.273. The summed E-state index contributed by atoms with van der Waals surface area (Å²) in [6, 6.07) is 1.73. The first kappa shape index (κ1) is 12.0. The molecule has 0 radical (unpaired) electrons. The monoisotopic (exact) mass is 247 g/mol. The average Bonchev–Trinajstić information content (AvgIpc) is 2.81. The lowest BCUT2D eigenvalue weighted by molar-refractivity contribution is 0.0946. The van der Waals surface area contributed by atoms with E-state index < -0.39 is 0 Å². The maximum atomic E-state index is 11.9. The van der Waals surface area contributed by atoms with Gasteiger partial charge in [0.05, 0.1) is 12.1 Å². The highest BCUT2D eigenvalue weighted by atomic mass is 16.5. The molecule has 0 aliphatic carbocycles. The summed E-state index contributed by atoms with van der Waals surface area (Å²) in [5, 5.41) is 9.25. The molecule has 0 spiro atoms. The molecule has 0 unspecified atom stereocenters. The van der Waals surface area contributed by atoms with E-state index in [1.807, 2.05) is 0 Å². The molecule has 0 aliphatic heterocycles.